The average Bonchev–Trinajstić information content (AvgIpc) is 2.61. The number of nitrogens with zero attached hydrogens (tertiary/aromatic N) is 1. The molecule has 2 heterocycles. The number of amides is 1. The molecule has 0 unspecified atom stereocenters. The molecule has 0 aliphatic carbocycles. The summed E-state index contributed by atoms with van der Waals surface area (Å²) < 4.78 is 0. The standard InChI is InChI=1S/C19H17N3O2/c1-13-16(15-7-3-2-4-8-15)10-17(19(24)22-13)18(23)21-12-14-6-5-9-20-11-14/h2-11H,12H2,1H3,(H,21,23)(H,22,24). The van der Waals surface area contributed by atoms with Crippen LogP contribution in [0, 0.1) is 6.92 Å². The molecule has 3 rings (SSSR count). The van der Waals surface area contributed by atoms with E-state index in [-0.39, 0.29) is 5.56 Å². The molecule has 0 aliphatic rings. The molecule has 120 valence electrons. The number of carbonyl (C=O) groups is 1. The second-order valence-electron chi connectivity index (χ2n) is 5.46. The summed E-state index contributed by atoms with van der Waals surface area (Å²) in [5.41, 5.74) is 3.10. The molecule has 2 N–H and O–H groups in total. The smallest absolute Gasteiger partial charge is 0.261 e. The van der Waals surface area contributed by atoms with Gasteiger partial charge in [0.05, 0.1) is 0 Å². The maximum Gasteiger partial charge on any atom is 0.261 e. The topological polar surface area (TPSA) is 74.8 Å². The van der Waals surface area contributed by atoms with Gasteiger partial charge >= 0.3 is 0 Å². The summed E-state index contributed by atoms with van der Waals surface area (Å²) in [7, 11) is 0. The Bertz CT molecular complexity index is 903. The lowest BCUT2D eigenvalue weighted by atomic mass is 10.0. The third kappa shape index (κ3) is 3.41. The van der Waals surface area contributed by atoms with Crippen LogP contribution in [0.3, 0.4) is 0 Å². The summed E-state index contributed by atoms with van der Waals surface area (Å²) in [4.78, 5) is 31.3. The van der Waals surface area contributed by atoms with Gasteiger partial charge in [0.25, 0.3) is 11.5 Å². The summed E-state index contributed by atoms with van der Waals surface area (Å²) in [5, 5.41) is 2.76. The fourth-order valence-electron chi connectivity index (χ4n) is 2.49. The zero-order chi connectivity index (χ0) is 16.9. The summed E-state index contributed by atoms with van der Waals surface area (Å²) in [6.07, 6.45) is 3.34. The molecule has 5 nitrogen and oxygen atoms in total. The lowest BCUT2D eigenvalue weighted by molar-refractivity contribution is 0.0949. The highest BCUT2D eigenvalue weighted by Gasteiger charge is 2.14. The lowest BCUT2D eigenvalue weighted by Crippen LogP contribution is -2.29. The molecule has 0 atom stereocenters. The zero-order valence-corrected chi connectivity index (χ0v) is 13.2. The Morgan fingerprint density at radius 3 is 2.67 bits per heavy atom. The number of aryl methyl sites for hydroxylation is 1. The number of H-pyrrole nitrogens is 1. The first-order chi connectivity index (χ1) is 11.6. The number of carbonyl (C=O) groups excluding carboxylic acids is 1. The number of aromatic amines is 1. The number of nitrogens with one attached hydrogen (secondary N) is 2. The van der Waals surface area contributed by atoms with Gasteiger partial charge in [0.2, 0.25) is 0 Å². The van der Waals surface area contributed by atoms with Crippen LogP contribution in [0.15, 0.2) is 65.7 Å². The molecular formula is C19H17N3O2. The molecular weight excluding hydrogens is 302 g/mol. The molecule has 0 aliphatic heterocycles. The van der Waals surface area contributed by atoms with Crippen LogP contribution in [0.2, 0.25) is 0 Å². The highest BCUT2D eigenvalue weighted by Crippen LogP contribution is 2.21. The van der Waals surface area contributed by atoms with Gasteiger partial charge in [-0.05, 0) is 30.2 Å². The molecule has 0 saturated carbocycles. The molecule has 0 spiro atoms. The van der Waals surface area contributed by atoms with Crippen molar-refractivity contribution in [3.05, 3.63) is 88.1 Å². The molecule has 0 bridgehead atoms. The minimum absolute atomic E-state index is 0.100. The van der Waals surface area contributed by atoms with E-state index in [1.165, 1.54) is 0 Å². The van der Waals surface area contributed by atoms with Crippen LogP contribution in [-0.2, 0) is 6.54 Å². The van der Waals surface area contributed by atoms with Gasteiger partial charge in [0.15, 0.2) is 0 Å². The summed E-state index contributed by atoms with van der Waals surface area (Å²) in [6.45, 7) is 2.14. The Hall–Kier alpha value is -3.21. The van der Waals surface area contributed by atoms with Crippen LogP contribution in [0.1, 0.15) is 21.6 Å². The van der Waals surface area contributed by atoms with Crippen LogP contribution in [0.4, 0.5) is 0 Å². The van der Waals surface area contributed by atoms with E-state index in [2.05, 4.69) is 15.3 Å². The van der Waals surface area contributed by atoms with E-state index in [4.69, 9.17) is 0 Å². The van der Waals surface area contributed by atoms with Crippen molar-refractivity contribution < 1.29 is 4.79 Å². The van der Waals surface area contributed by atoms with E-state index in [0.29, 0.717) is 6.54 Å². The van der Waals surface area contributed by atoms with Gasteiger partial charge in [0, 0.05) is 30.2 Å². The SMILES string of the molecule is Cc1[nH]c(=O)c(C(=O)NCc2cccnc2)cc1-c1ccccc1. The number of pyridine rings is 2. The molecule has 0 fully saturated rings. The van der Waals surface area contributed by atoms with Crippen molar-refractivity contribution in [2.75, 3.05) is 0 Å². The van der Waals surface area contributed by atoms with E-state index in [1.54, 1.807) is 24.5 Å². The van der Waals surface area contributed by atoms with Gasteiger partial charge in [-0.3, -0.25) is 14.6 Å². The largest absolute Gasteiger partial charge is 0.348 e. The van der Waals surface area contributed by atoms with Gasteiger partial charge in [-0.1, -0.05) is 36.4 Å². The van der Waals surface area contributed by atoms with E-state index < -0.39 is 11.5 Å². The number of rotatable bonds is 4. The normalized spacial score (nSPS) is 10.4. The molecule has 2 aromatic heterocycles. The fraction of sp³-hybridized carbons (Fsp3) is 0.105. The molecule has 3 aromatic rings. The van der Waals surface area contributed by atoms with E-state index >= 15 is 0 Å². The molecule has 1 amide bonds. The Balaban J connectivity index is 1.87. The Labute approximate surface area is 139 Å². The Morgan fingerprint density at radius 2 is 1.96 bits per heavy atom. The second kappa shape index (κ2) is 6.91. The van der Waals surface area contributed by atoms with Crippen LogP contribution < -0.4 is 10.9 Å². The molecule has 5 heteroatoms. The van der Waals surface area contributed by atoms with Crippen LogP contribution >= 0.6 is 0 Å². The van der Waals surface area contributed by atoms with Crippen molar-refractivity contribution in [2.45, 2.75) is 13.5 Å². The maximum absolute atomic E-state index is 12.4. The third-order valence-corrected chi connectivity index (χ3v) is 3.74. The van der Waals surface area contributed by atoms with Crippen LogP contribution in [0.25, 0.3) is 11.1 Å². The minimum Gasteiger partial charge on any atom is -0.348 e. The average molecular weight is 319 g/mol. The van der Waals surface area contributed by atoms with Crippen molar-refractivity contribution in [1.82, 2.24) is 15.3 Å². The third-order valence-electron chi connectivity index (χ3n) is 3.74. The predicted octanol–water partition coefficient (Wildman–Crippen LogP) is 2.68. The highest BCUT2D eigenvalue weighted by molar-refractivity contribution is 5.95. The van der Waals surface area contributed by atoms with Crippen molar-refractivity contribution in [3.8, 4) is 11.1 Å². The molecule has 0 saturated heterocycles. The van der Waals surface area contributed by atoms with E-state index in [9.17, 15) is 9.59 Å². The first-order valence-corrected chi connectivity index (χ1v) is 7.61. The van der Waals surface area contributed by atoms with Crippen LogP contribution in [0.5, 0.6) is 0 Å². The molecule has 24 heavy (non-hydrogen) atoms. The molecule has 1 aromatic carbocycles. The summed E-state index contributed by atoms with van der Waals surface area (Å²) in [5.74, 6) is -0.405. The van der Waals surface area contributed by atoms with Crippen molar-refractivity contribution in [1.29, 1.82) is 0 Å². The van der Waals surface area contributed by atoms with E-state index in [0.717, 1.165) is 22.4 Å². The first kappa shape index (κ1) is 15.7. The van der Waals surface area contributed by atoms with Crippen molar-refractivity contribution >= 4 is 5.91 Å². The maximum atomic E-state index is 12.4. The number of aromatic nitrogens is 2. The number of hydrogen-bond donors (Lipinski definition) is 2. The quantitative estimate of drug-likeness (QED) is 0.776. The van der Waals surface area contributed by atoms with Gasteiger partial charge in [0.1, 0.15) is 5.56 Å². The van der Waals surface area contributed by atoms with Gasteiger partial charge in [-0.15, -0.1) is 0 Å². The summed E-state index contributed by atoms with van der Waals surface area (Å²) >= 11 is 0. The first-order valence-electron chi connectivity index (χ1n) is 7.61. The fourth-order valence-corrected chi connectivity index (χ4v) is 2.49. The summed E-state index contributed by atoms with van der Waals surface area (Å²) in [6, 6.07) is 14.9. The monoisotopic (exact) mass is 319 g/mol. The van der Waals surface area contributed by atoms with Crippen LogP contribution in [-0.4, -0.2) is 15.9 Å². The predicted molar refractivity (Wildman–Crippen MR) is 92.6 cm³/mol. The van der Waals surface area contributed by atoms with Crippen molar-refractivity contribution in [2.24, 2.45) is 0 Å². The Kier molecular flexibility index (Phi) is 4.52. The number of hydrogen-bond acceptors (Lipinski definition) is 3. The van der Waals surface area contributed by atoms with Crippen molar-refractivity contribution in [3.63, 3.8) is 0 Å². The van der Waals surface area contributed by atoms with Gasteiger partial charge < -0.3 is 10.3 Å². The molecule has 0 radical (unpaired) electrons. The van der Waals surface area contributed by atoms with Gasteiger partial charge in [-0.2, -0.15) is 0 Å². The van der Waals surface area contributed by atoms with Gasteiger partial charge in [-0.25, -0.2) is 0 Å². The zero-order valence-electron chi connectivity index (χ0n) is 13.2. The number of benzene rings is 1. The minimum atomic E-state index is -0.405. The lowest BCUT2D eigenvalue weighted by Gasteiger charge is -2.09. The van der Waals surface area contributed by atoms with E-state index in [1.807, 2.05) is 43.3 Å². The Morgan fingerprint density at radius 1 is 1.17 bits per heavy atom. The second-order valence-corrected chi connectivity index (χ2v) is 5.46. The highest BCUT2D eigenvalue weighted by atomic mass is 16.2.